The fraction of sp³-hybridized carbons (Fsp3) is 0.125. The van der Waals surface area contributed by atoms with Gasteiger partial charge in [0, 0.05) is 22.1 Å². The molecule has 7 heteroatoms. The van der Waals surface area contributed by atoms with Gasteiger partial charge in [0.25, 0.3) is 11.8 Å². The van der Waals surface area contributed by atoms with Crippen LogP contribution in [-0.4, -0.2) is 22.4 Å². The molecule has 156 valence electrons. The first-order valence-electron chi connectivity index (χ1n) is 9.69. The molecule has 1 saturated heterocycles. The number of urea groups is 1. The van der Waals surface area contributed by atoms with Gasteiger partial charge in [0.05, 0.1) is 5.69 Å². The molecule has 3 aromatic rings. The lowest BCUT2D eigenvalue weighted by atomic mass is 10.1. The van der Waals surface area contributed by atoms with Gasteiger partial charge >= 0.3 is 6.03 Å². The maximum absolute atomic E-state index is 13.1. The van der Waals surface area contributed by atoms with Crippen LogP contribution in [0.15, 0.2) is 60.2 Å². The number of nitrogens with zero attached hydrogens (tertiary/aromatic N) is 2. The van der Waals surface area contributed by atoms with E-state index in [1.165, 1.54) is 6.08 Å². The fourth-order valence-corrected chi connectivity index (χ4v) is 3.79. The Balaban J connectivity index is 1.75. The molecule has 1 fully saturated rings. The van der Waals surface area contributed by atoms with Gasteiger partial charge in [-0.3, -0.25) is 14.9 Å². The van der Waals surface area contributed by atoms with E-state index in [0.717, 1.165) is 33.1 Å². The number of carbonyl (C=O) groups is 3. The van der Waals surface area contributed by atoms with E-state index < -0.39 is 17.8 Å². The molecule has 1 N–H and O–H groups in total. The highest BCUT2D eigenvalue weighted by Crippen LogP contribution is 2.26. The Kier molecular flexibility index (Phi) is 5.25. The maximum atomic E-state index is 13.1. The summed E-state index contributed by atoms with van der Waals surface area (Å²) in [7, 11) is 0. The summed E-state index contributed by atoms with van der Waals surface area (Å²) in [5.41, 5.74) is 4.93. The molecule has 1 aliphatic heterocycles. The molecule has 2 aromatic carbocycles. The molecule has 1 aromatic heterocycles. The molecule has 0 spiro atoms. The van der Waals surface area contributed by atoms with Crippen molar-refractivity contribution < 1.29 is 14.4 Å². The molecular weight excluding hydrogens is 414 g/mol. The predicted octanol–water partition coefficient (Wildman–Crippen LogP) is 4.72. The zero-order valence-corrected chi connectivity index (χ0v) is 18.0. The van der Waals surface area contributed by atoms with Crippen LogP contribution in [0, 0.1) is 20.8 Å². The molecule has 4 rings (SSSR count). The second kappa shape index (κ2) is 7.89. The van der Waals surface area contributed by atoms with E-state index in [1.807, 2.05) is 51.1 Å². The third-order valence-electron chi connectivity index (χ3n) is 5.25. The van der Waals surface area contributed by atoms with Gasteiger partial charge in [0.2, 0.25) is 0 Å². The number of nitrogens with one attached hydrogen (secondary N) is 1. The third kappa shape index (κ3) is 3.78. The van der Waals surface area contributed by atoms with Crippen molar-refractivity contribution in [1.82, 2.24) is 9.88 Å². The summed E-state index contributed by atoms with van der Waals surface area (Å²) in [6, 6.07) is 15.5. The third-order valence-corrected chi connectivity index (χ3v) is 5.50. The number of barbiturate groups is 1. The lowest BCUT2D eigenvalue weighted by Crippen LogP contribution is -2.54. The smallest absolute Gasteiger partial charge is 0.318 e. The molecule has 0 saturated carbocycles. The first-order valence-corrected chi connectivity index (χ1v) is 10.1. The first-order chi connectivity index (χ1) is 14.8. The van der Waals surface area contributed by atoms with Gasteiger partial charge in [-0.25, -0.2) is 9.69 Å². The number of imide groups is 2. The monoisotopic (exact) mass is 433 g/mol. The average Bonchev–Trinajstić information content (AvgIpc) is 3.00. The standard InChI is InChI=1S/C24H20ClN3O3/c1-14-4-8-19(9-5-14)27-15(2)12-17(16(27)3)13-21-22(29)26-24(31)28(23(21)30)20-10-6-18(25)7-11-20/h4-13H,1-3H3,(H,26,29,31)/b21-13+. The zero-order valence-electron chi connectivity index (χ0n) is 17.3. The van der Waals surface area contributed by atoms with Crippen LogP contribution in [0.3, 0.4) is 0 Å². The van der Waals surface area contributed by atoms with E-state index in [-0.39, 0.29) is 5.57 Å². The fourth-order valence-electron chi connectivity index (χ4n) is 3.66. The van der Waals surface area contributed by atoms with Crippen LogP contribution in [0.1, 0.15) is 22.5 Å². The molecule has 2 heterocycles. The van der Waals surface area contributed by atoms with Crippen LogP contribution in [0.5, 0.6) is 0 Å². The van der Waals surface area contributed by atoms with E-state index >= 15 is 0 Å². The van der Waals surface area contributed by atoms with Crippen molar-refractivity contribution in [1.29, 1.82) is 0 Å². The molecule has 31 heavy (non-hydrogen) atoms. The van der Waals surface area contributed by atoms with Gasteiger partial charge < -0.3 is 4.57 Å². The molecule has 0 bridgehead atoms. The number of hydrogen-bond donors (Lipinski definition) is 1. The van der Waals surface area contributed by atoms with Crippen LogP contribution in [0.4, 0.5) is 10.5 Å². The summed E-state index contributed by atoms with van der Waals surface area (Å²) >= 11 is 5.90. The number of amides is 4. The Morgan fingerprint density at radius 1 is 0.871 bits per heavy atom. The van der Waals surface area contributed by atoms with E-state index in [9.17, 15) is 14.4 Å². The van der Waals surface area contributed by atoms with Crippen molar-refractivity contribution in [3.8, 4) is 5.69 Å². The highest BCUT2D eigenvalue weighted by Gasteiger charge is 2.37. The molecule has 1 aliphatic rings. The predicted molar refractivity (Wildman–Crippen MR) is 120 cm³/mol. The Morgan fingerprint density at radius 3 is 2.13 bits per heavy atom. The Bertz CT molecular complexity index is 1240. The number of anilines is 1. The number of hydrogen-bond acceptors (Lipinski definition) is 3. The maximum Gasteiger partial charge on any atom is 0.335 e. The Hall–Kier alpha value is -3.64. The summed E-state index contributed by atoms with van der Waals surface area (Å²) in [5, 5.41) is 2.72. The summed E-state index contributed by atoms with van der Waals surface area (Å²) in [5.74, 6) is -1.41. The molecule has 0 atom stereocenters. The van der Waals surface area contributed by atoms with E-state index in [4.69, 9.17) is 11.6 Å². The van der Waals surface area contributed by atoms with Crippen LogP contribution in [0.2, 0.25) is 5.02 Å². The SMILES string of the molecule is Cc1ccc(-n2c(C)cc(/C=C3\C(=O)NC(=O)N(c4ccc(Cl)cc4)C3=O)c2C)cc1. The largest absolute Gasteiger partial charge is 0.335 e. The van der Waals surface area contributed by atoms with Gasteiger partial charge in [0.15, 0.2) is 0 Å². The van der Waals surface area contributed by atoms with Crippen molar-refractivity contribution in [2.24, 2.45) is 0 Å². The van der Waals surface area contributed by atoms with E-state index in [1.54, 1.807) is 24.3 Å². The average molecular weight is 434 g/mol. The topological polar surface area (TPSA) is 71.4 Å². The summed E-state index contributed by atoms with van der Waals surface area (Å²) in [6.45, 7) is 5.91. The highest BCUT2D eigenvalue weighted by atomic mass is 35.5. The first kappa shape index (κ1) is 20.6. The molecule has 6 nitrogen and oxygen atoms in total. The van der Waals surface area contributed by atoms with Crippen molar-refractivity contribution in [3.05, 3.63) is 87.7 Å². The summed E-state index contributed by atoms with van der Waals surface area (Å²) < 4.78 is 2.05. The van der Waals surface area contributed by atoms with Gasteiger partial charge in [-0.2, -0.15) is 0 Å². The van der Waals surface area contributed by atoms with E-state index in [2.05, 4.69) is 9.88 Å². The normalized spacial score (nSPS) is 15.5. The number of rotatable bonds is 3. The molecule has 0 unspecified atom stereocenters. The van der Waals surface area contributed by atoms with Gasteiger partial charge in [-0.05, 0) is 74.9 Å². The van der Waals surface area contributed by atoms with Gasteiger partial charge in [-0.15, -0.1) is 0 Å². The van der Waals surface area contributed by atoms with Crippen molar-refractivity contribution in [2.45, 2.75) is 20.8 Å². The lowest BCUT2D eigenvalue weighted by molar-refractivity contribution is -0.122. The zero-order chi connectivity index (χ0) is 22.3. The number of aromatic nitrogens is 1. The minimum atomic E-state index is -0.792. The number of halogens is 1. The van der Waals surface area contributed by atoms with E-state index in [0.29, 0.717) is 10.7 Å². The second-order valence-electron chi connectivity index (χ2n) is 7.43. The van der Waals surface area contributed by atoms with Crippen LogP contribution in [0.25, 0.3) is 11.8 Å². The molecule has 0 aliphatic carbocycles. The lowest BCUT2D eigenvalue weighted by Gasteiger charge is -2.26. The second-order valence-corrected chi connectivity index (χ2v) is 7.87. The highest BCUT2D eigenvalue weighted by molar-refractivity contribution is 6.39. The van der Waals surface area contributed by atoms with Crippen molar-refractivity contribution in [2.75, 3.05) is 4.90 Å². The minimum absolute atomic E-state index is 0.112. The number of carbonyl (C=O) groups excluding carboxylic acids is 3. The Morgan fingerprint density at radius 2 is 1.48 bits per heavy atom. The number of aryl methyl sites for hydroxylation is 2. The van der Waals surface area contributed by atoms with Gasteiger partial charge in [-0.1, -0.05) is 29.3 Å². The molecule has 0 radical (unpaired) electrons. The number of benzene rings is 2. The molecule has 4 amide bonds. The Labute approximate surface area is 184 Å². The van der Waals surface area contributed by atoms with Crippen LogP contribution < -0.4 is 10.2 Å². The van der Waals surface area contributed by atoms with Crippen LogP contribution in [-0.2, 0) is 9.59 Å². The summed E-state index contributed by atoms with van der Waals surface area (Å²) in [4.78, 5) is 38.8. The van der Waals surface area contributed by atoms with Crippen molar-refractivity contribution >= 4 is 41.2 Å². The quantitative estimate of drug-likeness (QED) is 0.479. The van der Waals surface area contributed by atoms with Crippen LogP contribution >= 0.6 is 11.6 Å². The van der Waals surface area contributed by atoms with Crippen molar-refractivity contribution in [3.63, 3.8) is 0 Å². The minimum Gasteiger partial charge on any atom is -0.318 e. The summed E-state index contributed by atoms with van der Waals surface area (Å²) in [6.07, 6.45) is 1.53. The van der Waals surface area contributed by atoms with Gasteiger partial charge in [0.1, 0.15) is 5.57 Å². The molecular formula is C24H20ClN3O3.